The monoisotopic (exact) mass is 330 g/mol. The molecule has 0 saturated carbocycles. The third-order valence-corrected chi connectivity index (χ3v) is 3.59. The van der Waals surface area contributed by atoms with Crippen LogP contribution in [0.15, 0.2) is 29.3 Å². The second-order valence-corrected chi connectivity index (χ2v) is 5.27. The molecule has 10 heteroatoms. The molecular formula is C14H14N6O4. The number of rotatable bonds is 5. The lowest BCUT2D eigenvalue weighted by Crippen LogP contribution is -2.29. The second kappa shape index (κ2) is 6.16. The summed E-state index contributed by atoms with van der Waals surface area (Å²) < 4.78 is 2.56. The summed E-state index contributed by atoms with van der Waals surface area (Å²) in [4.78, 5) is 23.3. The molecule has 1 aromatic carbocycles. The number of nitro benzene ring substituents is 1. The Morgan fingerprint density at radius 1 is 1.38 bits per heavy atom. The molecule has 0 fully saturated rings. The van der Waals surface area contributed by atoms with Crippen molar-refractivity contribution in [2.24, 2.45) is 0 Å². The van der Waals surface area contributed by atoms with Gasteiger partial charge >= 0.3 is 0 Å². The molecule has 0 aliphatic rings. The average molecular weight is 330 g/mol. The van der Waals surface area contributed by atoms with Crippen molar-refractivity contribution in [2.75, 3.05) is 6.61 Å². The molecule has 0 saturated heterocycles. The van der Waals surface area contributed by atoms with Crippen LogP contribution in [0, 0.1) is 17.0 Å². The second-order valence-electron chi connectivity index (χ2n) is 5.27. The maximum Gasteiger partial charge on any atom is 0.277 e. The molecule has 3 aromatic rings. The van der Waals surface area contributed by atoms with E-state index in [0.717, 1.165) is 5.56 Å². The van der Waals surface area contributed by atoms with Crippen LogP contribution in [0.2, 0.25) is 0 Å². The standard InChI is InChI=1S/C14H14N6O4/c1-9-2-3-10(12(6-9)20(23)24)7-11-13(22)18(4-5-21)14-16-15-8-19(14)17-11/h2-3,6,8,21H,4-5,7H2,1H3. The van der Waals surface area contributed by atoms with Crippen LogP contribution in [0.1, 0.15) is 16.8 Å². The van der Waals surface area contributed by atoms with Gasteiger partial charge in [0, 0.05) is 18.1 Å². The van der Waals surface area contributed by atoms with Crippen molar-refractivity contribution in [3.63, 3.8) is 0 Å². The van der Waals surface area contributed by atoms with Crippen molar-refractivity contribution < 1.29 is 10.0 Å². The van der Waals surface area contributed by atoms with Crippen LogP contribution >= 0.6 is 0 Å². The first-order valence-corrected chi connectivity index (χ1v) is 7.15. The van der Waals surface area contributed by atoms with E-state index >= 15 is 0 Å². The summed E-state index contributed by atoms with van der Waals surface area (Å²) in [6.07, 6.45) is 1.32. The third kappa shape index (κ3) is 2.74. The lowest BCUT2D eigenvalue weighted by Gasteiger charge is -2.08. The van der Waals surface area contributed by atoms with Gasteiger partial charge < -0.3 is 5.11 Å². The minimum Gasteiger partial charge on any atom is -0.395 e. The fraction of sp³-hybridized carbons (Fsp3) is 0.286. The van der Waals surface area contributed by atoms with Crippen LogP contribution in [-0.2, 0) is 13.0 Å². The fourth-order valence-corrected chi connectivity index (χ4v) is 2.48. The summed E-state index contributed by atoms with van der Waals surface area (Å²) in [5, 5.41) is 32.0. The van der Waals surface area contributed by atoms with Crippen molar-refractivity contribution in [2.45, 2.75) is 19.9 Å². The van der Waals surface area contributed by atoms with Gasteiger partial charge in [-0.05, 0) is 12.5 Å². The summed E-state index contributed by atoms with van der Waals surface area (Å²) in [7, 11) is 0. The topological polar surface area (TPSA) is 128 Å². The van der Waals surface area contributed by atoms with E-state index in [1.54, 1.807) is 19.1 Å². The molecule has 0 radical (unpaired) electrons. The van der Waals surface area contributed by atoms with Gasteiger partial charge in [-0.2, -0.15) is 9.61 Å². The molecule has 2 aromatic heterocycles. The SMILES string of the molecule is Cc1ccc(Cc2nn3cnnc3n(CCO)c2=O)c([N+](=O)[O-])c1. The van der Waals surface area contributed by atoms with E-state index in [0.29, 0.717) is 5.56 Å². The van der Waals surface area contributed by atoms with Gasteiger partial charge in [-0.25, -0.2) is 0 Å². The normalized spacial score (nSPS) is 11.1. The van der Waals surface area contributed by atoms with Gasteiger partial charge in [0.25, 0.3) is 17.0 Å². The van der Waals surface area contributed by atoms with Gasteiger partial charge in [0.2, 0.25) is 0 Å². The van der Waals surface area contributed by atoms with Gasteiger partial charge in [-0.15, -0.1) is 10.2 Å². The molecule has 0 aliphatic carbocycles. The molecule has 24 heavy (non-hydrogen) atoms. The fourth-order valence-electron chi connectivity index (χ4n) is 2.48. The molecular weight excluding hydrogens is 316 g/mol. The highest BCUT2D eigenvalue weighted by molar-refractivity contribution is 5.44. The highest BCUT2D eigenvalue weighted by atomic mass is 16.6. The first kappa shape index (κ1) is 15.7. The van der Waals surface area contributed by atoms with Gasteiger partial charge in [0.15, 0.2) is 0 Å². The zero-order valence-electron chi connectivity index (χ0n) is 12.8. The maximum absolute atomic E-state index is 12.6. The van der Waals surface area contributed by atoms with Crippen LogP contribution in [0.3, 0.4) is 0 Å². The Balaban J connectivity index is 2.13. The van der Waals surface area contributed by atoms with Crippen molar-refractivity contribution >= 4 is 11.5 Å². The van der Waals surface area contributed by atoms with E-state index in [4.69, 9.17) is 5.11 Å². The van der Waals surface area contributed by atoms with Crippen molar-refractivity contribution in [3.05, 3.63) is 61.8 Å². The quantitative estimate of drug-likeness (QED) is 0.518. The van der Waals surface area contributed by atoms with Gasteiger partial charge in [-0.1, -0.05) is 12.1 Å². The Morgan fingerprint density at radius 2 is 2.17 bits per heavy atom. The number of aliphatic hydroxyl groups is 1. The first-order chi connectivity index (χ1) is 11.5. The molecule has 0 bridgehead atoms. The lowest BCUT2D eigenvalue weighted by atomic mass is 10.1. The molecule has 0 aliphatic heterocycles. The van der Waals surface area contributed by atoms with Crippen LogP contribution in [0.5, 0.6) is 0 Å². The Bertz CT molecular complexity index is 977. The zero-order chi connectivity index (χ0) is 17.3. The Labute approximate surface area is 135 Å². The molecule has 2 heterocycles. The number of aromatic nitrogens is 5. The average Bonchev–Trinajstić information content (AvgIpc) is 3.00. The van der Waals surface area contributed by atoms with E-state index < -0.39 is 10.5 Å². The number of fused-ring (bicyclic) bond motifs is 1. The molecule has 0 unspecified atom stereocenters. The molecule has 0 amide bonds. The minimum absolute atomic E-state index is 0.00498. The number of aryl methyl sites for hydroxylation is 1. The number of nitrogens with zero attached hydrogens (tertiary/aromatic N) is 6. The molecule has 0 spiro atoms. The summed E-state index contributed by atoms with van der Waals surface area (Å²) in [5.74, 6) is 0.205. The van der Waals surface area contributed by atoms with Crippen LogP contribution < -0.4 is 5.56 Å². The Kier molecular flexibility index (Phi) is 4.04. The number of hydrogen-bond acceptors (Lipinski definition) is 7. The predicted molar refractivity (Wildman–Crippen MR) is 82.8 cm³/mol. The summed E-state index contributed by atoms with van der Waals surface area (Å²) >= 11 is 0. The number of aliphatic hydroxyl groups excluding tert-OH is 1. The van der Waals surface area contributed by atoms with E-state index in [1.165, 1.54) is 21.5 Å². The smallest absolute Gasteiger partial charge is 0.277 e. The lowest BCUT2D eigenvalue weighted by molar-refractivity contribution is -0.385. The Morgan fingerprint density at radius 3 is 2.88 bits per heavy atom. The molecule has 10 nitrogen and oxygen atoms in total. The first-order valence-electron chi connectivity index (χ1n) is 7.15. The van der Waals surface area contributed by atoms with Gasteiger partial charge in [-0.3, -0.25) is 19.5 Å². The number of hydrogen-bond donors (Lipinski definition) is 1. The summed E-state index contributed by atoms with van der Waals surface area (Å²) in [5.41, 5.74) is 0.736. The Hall–Kier alpha value is -3.14. The largest absolute Gasteiger partial charge is 0.395 e. The van der Waals surface area contributed by atoms with Crippen LogP contribution in [0.25, 0.3) is 5.78 Å². The van der Waals surface area contributed by atoms with Crippen molar-refractivity contribution in [1.29, 1.82) is 0 Å². The zero-order valence-corrected chi connectivity index (χ0v) is 12.8. The van der Waals surface area contributed by atoms with Gasteiger partial charge in [0.1, 0.15) is 12.0 Å². The van der Waals surface area contributed by atoms with E-state index in [1.807, 2.05) is 0 Å². The van der Waals surface area contributed by atoms with Crippen molar-refractivity contribution in [1.82, 2.24) is 24.4 Å². The molecule has 124 valence electrons. The predicted octanol–water partition coefficient (Wildman–Crippen LogP) is 0.0857. The maximum atomic E-state index is 12.6. The third-order valence-electron chi connectivity index (χ3n) is 3.59. The highest BCUT2D eigenvalue weighted by Gasteiger charge is 2.19. The van der Waals surface area contributed by atoms with Crippen molar-refractivity contribution in [3.8, 4) is 0 Å². The van der Waals surface area contributed by atoms with E-state index in [9.17, 15) is 14.9 Å². The molecule has 0 atom stereocenters. The number of nitro groups is 1. The summed E-state index contributed by atoms with van der Waals surface area (Å²) in [6.45, 7) is 1.54. The minimum atomic E-state index is -0.480. The van der Waals surface area contributed by atoms with Gasteiger partial charge in [0.05, 0.1) is 18.1 Å². The highest BCUT2D eigenvalue weighted by Crippen LogP contribution is 2.21. The molecule has 1 N–H and O–H groups in total. The summed E-state index contributed by atoms with van der Waals surface area (Å²) in [6, 6.07) is 4.81. The van der Waals surface area contributed by atoms with E-state index in [2.05, 4.69) is 15.3 Å². The molecule has 3 rings (SSSR count). The number of benzene rings is 1. The van der Waals surface area contributed by atoms with Crippen LogP contribution in [0.4, 0.5) is 5.69 Å². The van der Waals surface area contributed by atoms with E-state index in [-0.39, 0.29) is 36.7 Å². The van der Waals surface area contributed by atoms with Crippen LogP contribution in [-0.4, -0.2) is 41.0 Å².